The van der Waals surface area contributed by atoms with E-state index in [9.17, 15) is 10.6 Å². The maximum atomic E-state index is 12.6. The second-order valence-corrected chi connectivity index (χ2v) is 21.1. The topological polar surface area (TPSA) is 50.9 Å². The Bertz CT molecular complexity index is 3610. The number of aromatic hydroxyl groups is 1. The minimum absolute atomic E-state index is 0. The van der Waals surface area contributed by atoms with Gasteiger partial charge in [-0.25, -0.2) is 4.98 Å². The predicted molar refractivity (Wildman–Crippen MR) is 280 cm³/mol. The molecule has 4 nitrogen and oxygen atoms in total. The van der Waals surface area contributed by atoms with Crippen LogP contribution in [0.3, 0.4) is 0 Å². The molecule has 0 unspecified atom stereocenters. The minimum Gasteiger partial charge on any atom is -0.507 e. The number of imidazole rings is 1. The molecule has 67 heavy (non-hydrogen) atoms. The number of benzene rings is 6. The first kappa shape index (κ1) is 36.5. The van der Waals surface area contributed by atoms with Crippen LogP contribution in [0.2, 0.25) is 0 Å². The first-order chi connectivity index (χ1) is 35.4. The summed E-state index contributed by atoms with van der Waals surface area (Å²) in [6, 6.07) is 29.7. The van der Waals surface area contributed by atoms with E-state index >= 15 is 0 Å². The number of rotatable bonds is 8. The van der Waals surface area contributed by atoms with Crippen molar-refractivity contribution in [2.45, 2.75) is 132 Å². The van der Waals surface area contributed by atoms with Gasteiger partial charge < -0.3 is 5.11 Å². The molecule has 0 bridgehead atoms. The van der Waals surface area contributed by atoms with Gasteiger partial charge in [-0.2, -0.15) is 0 Å². The quantitative estimate of drug-likeness (QED) is 0.154. The number of hydrogen-bond donors (Lipinski definition) is 1. The van der Waals surface area contributed by atoms with Crippen molar-refractivity contribution in [2.75, 3.05) is 0 Å². The van der Waals surface area contributed by atoms with E-state index in [1.807, 2.05) is 112 Å². The zero-order valence-corrected chi connectivity index (χ0v) is 43.2. The second-order valence-electron chi connectivity index (χ2n) is 21.1. The smallest absolute Gasteiger partial charge is 0.148 e. The van der Waals surface area contributed by atoms with E-state index in [2.05, 4.69) is 61.5 Å². The third kappa shape index (κ3) is 9.75. The average molecular weight is 1080 g/mol. The number of para-hydroxylation sites is 1. The van der Waals surface area contributed by atoms with Gasteiger partial charge in [-0.3, -0.25) is 9.55 Å². The van der Waals surface area contributed by atoms with Crippen molar-refractivity contribution in [3.63, 3.8) is 0 Å². The van der Waals surface area contributed by atoms with E-state index in [4.69, 9.17) is 19.6 Å². The molecule has 0 atom stereocenters. The fraction of sp³-hybridized carbons (Fsp3) is 0.323. The number of fused-ring (bicyclic) bond motifs is 1. The molecule has 2 aromatic heterocycles. The first-order valence-electron chi connectivity index (χ1n) is 28.3. The van der Waals surface area contributed by atoms with Crippen molar-refractivity contribution in [3.05, 3.63) is 166 Å². The summed E-state index contributed by atoms with van der Waals surface area (Å²) in [6.07, 6.45) is 1.51. The summed E-state index contributed by atoms with van der Waals surface area (Å²) >= 11 is 0. The van der Waals surface area contributed by atoms with E-state index in [0.29, 0.717) is 67.2 Å². The summed E-state index contributed by atoms with van der Waals surface area (Å²) in [5, 5.41) is 12.6. The molecule has 0 saturated heterocycles. The number of phenolic OH excluding ortho intramolecular Hbond substituents is 1. The molecule has 0 radical (unpaired) electrons. The molecule has 348 valence electrons. The Morgan fingerprint density at radius 2 is 1.34 bits per heavy atom. The van der Waals surface area contributed by atoms with Crippen molar-refractivity contribution < 1.29 is 41.3 Å². The number of aryl methyl sites for hydroxylation is 1. The molecule has 0 aliphatic heterocycles. The minimum atomic E-state index is -2.86. The molecular formula is C62H68N3OPt-. The number of hydrogen-bond acceptors (Lipinski definition) is 3. The van der Waals surface area contributed by atoms with E-state index in [1.54, 1.807) is 18.2 Å². The van der Waals surface area contributed by atoms with Crippen LogP contribution < -0.4 is 0 Å². The van der Waals surface area contributed by atoms with Gasteiger partial charge in [0.05, 0.1) is 27.8 Å². The number of nitrogens with zero attached hydrogens (tertiary/aromatic N) is 3. The fourth-order valence-electron chi connectivity index (χ4n) is 8.70. The van der Waals surface area contributed by atoms with Crippen molar-refractivity contribution in [1.29, 1.82) is 0 Å². The molecular weight excluding hydrogens is 998 g/mol. The SMILES string of the molecule is [2H]c1c([2H])c(C([2H])([2H])[2H])c([2H])c([2H])c1-c1ccnc(-c2[c-]c(-c3cccc4c3nc(-c3cc(C(C)(C)C)cc(C(C)(C)C)c3O)n4-c3ccc(-c4c(C(C)C)cccc4C([2H])(C)C)cc3C([2H])([2H])[2H])cc(C(C)(C)C)c2)c1.[Pt]. The summed E-state index contributed by atoms with van der Waals surface area (Å²) in [5.41, 5.74) is 8.20. The third-order valence-electron chi connectivity index (χ3n) is 12.5. The Morgan fingerprint density at radius 3 is 1.99 bits per heavy atom. The summed E-state index contributed by atoms with van der Waals surface area (Å²) in [7, 11) is 0. The maximum absolute atomic E-state index is 12.6. The third-order valence-corrected chi connectivity index (χ3v) is 12.5. The van der Waals surface area contributed by atoms with Crippen LogP contribution in [0.15, 0.2) is 121 Å². The molecule has 0 saturated carbocycles. The maximum Gasteiger partial charge on any atom is 0.148 e. The van der Waals surface area contributed by atoms with Crippen molar-refractivity contribution in [2.24, 2.45) is 0 Å². The van der Waals surface area contributed by atoms with Gasteiger partial charge in [0.2, 0.25) is 0 Å². The molecule has 8 aromatic rings. The van der Waals surface area contributed by atoms with Gasteiger partial charge in [-0.05, 0) is 117 Å². The first-order valence-corrected chi connectivity index (χ1v) is 22.8. The predicted octanol–water partition coefficient (Wildman–Crippen LogP) is 17.0. The van der Waals surface area contributed by atoms with Crippen molar-refractivity contribution >= 4 is 11.0 Å². The van der Waals surface area contributed by atoms with E-state index in [-0.39, 0.29) is 49.3 Å². The van der Waals surface area contributed by atoms with E-state index in [1.165, 1.54) is 6.20 Å². The molecule has 0 spiro atoms. The van der Waals surface area contributed by atoms with Gasteiger partial charge in [0.1, 0.15) is 11.6 Å². The summed E-state index contributed by atoms with van der Waals surface area (Å²) in [6.45, 7) is 21.0. The van der Waals surface area contributed by atoms with Crippen LogP contribution in [-0.2, 0) is 37.3 Å². The van der Waals surface area contributed by atoms with Crippen molar-refractivity contribution in [3.8, 4) is 67.5 Å². The van der Waals surface area contributed by atoms with Crippen LogP contribution in [0.5, 0.6) is 5.75 Å². The van der Waals surface area contributed by atoms with Gasteiger partial charge in [0.15, 0.2) is 0 Å². The molecule has 0 amide bonds. The van der Waals surface area contributed by atoms with E-state index in [0.717, 1.165) is 27.8 Å². The number of pyridine rings is 1. The summed E-state index contributed by atoms with van der Waals surface area (Å²) < 4.78 is 97.4. The normalized spacial score (nSPS) is 15.2. The molecule has 2 heterocycles. The fourth-order valence-corrected chi connectivity index (χ4v) is 8.70. The standard InChI is InChI=1S/C62H68N3O.Pt/c1-37(2)48-18-16-19-49(38(3)4)56(48)43-26-27-54(40(6)30-43)65-55-21-17-20-50(57(55)64-59(65)51-35-47(61(10,11)12)36-52(58(51)66)62(13,14)15)44-31-45(33-46(32-44)60(7,8)9)53-34-42(28-29-63-53)41-24-22-39(5)23-25-41;/h16-30,32-38,66H,1-15H3;/q-1;/i5D3,6D3,22D,23D,24D,25D,37D;. The summed E-state index contributed by atoms with van der Waals surface area (Å²) in [5.74, 6) is -0.596. The van der Waals surface area contributed by atoms with Crippen molar-refractivity contribution in [1.82, 2.24) is 14.5 Å². The molecule has 8 rings (SSSR count). The Kier molecular flexibility index (Phi) is 10.1. The Labute approximate surface area is 430 Å². The van der Waals surface area contributed by atoms with E-state index < -0.39 is 60.2 Å². The second kappa shape index (κ2) is 18.5. The molecule has 0 aliphatic carbocycles. The van der Waals surface area contributed by atoms with Gasteiger partial charge in [-0.1, -0.05) is 179 Å². The molecule has 0 fully saturated rings. The Balaban J connectivity index is 0.00000882. The molecule has 0 aliphatic rings. The largest absolute Gasteiger partial charge is 0.507 e. The zero-order chi connectivity index (χ0) is 57.0. The molecule has 6 aromatic carbocycles. The van der Waals surface area contributed by atoms with Gasteiger partial charge in [0.25, 0.3) is 0 Å². The number of aromatic nitrogens is 3. The van der Waals surface area contributed by atoms with Crippen LogP contribution in [-0.4, -0.2) is 19.6 Å². The molecule has 1 N–H and O–H groups in total. The van der Waals surface area contributed by atoms with Crippen LogP contribution in [0.4, 0.5) is 0 Å². The van der Waals surface area contributed by atoms with Gasteiger partial charge in [-0.15, -0.1) is 29.3 Å². The Hall–Kier alpha value is -5.57. The van der Waals surface area contributed by atoms with Gasteiger partial charge in [0, 0.05) is 48.1 Å². The average Bonchev–Trinajstić information content (AvgIpc) is 3.96. The molecule has 5 heteroatoms. The number of phenols is 1. The van der Waals surface area contributed by atoms with Crippen LogP contribution in [0, 0.1) is 19.8 Å². The monoisotopic (exact) mass is 1080 g/mol. The van der Waals surface area contributed by atoms with Crippen LogP contribution >= 0.6 is 0 Å². The van der Waals surface area contributed by atoms with Crippen LogP contribution in [0.1, 0.15) is 156 Å². The van der Waals surface area contributed by atoms with Crippen LogP contribution in [0.25, 0.3) is 72.7 Å². The zero-order valence-electron chi connectivity index (χ0n) is 51.9. The van der Waals surface area contributed by atoms with Gasteiger partial charge >= 0.3 is 0 Å². The Morgan fingerprint density at radius 1 is 0.672 bits per heavy atom. The summed E-state index contributed by atoms with van der Waals surface area (Å²) in [4.78, 5) is 10.2.